The van der Waals surface area contributed by atoms with Crippen molar-refractivity contribution in [3.8, 4) is 0 Å². The first-order valence-corrected chi connectivity index (χ1v) is 8.80. The first-order chi connectivity index (χ1) is 12.1. The highest BCUT2D eigenvalue weighted by Crippen LogP contribution is 2.22. The minimum Gasteiger partial charge on any atom is -0.337 e. The van der Waals surface area contributed by atoms with Gasteiger partial charge in [-0.25, -0.2) is 14.5 Å². The van der Waals surface area contributed by atoms with Crippen LogP contribution in [0.4, 0.5) is 4.79 Å². The topological polar surface area (TPSA) is 75.1 Å². The van der Waals surface area contributed by atoms with Crippen LogP contribution in [-0.2, 0) is 13.1 Å². The van der Waals surface area contributed by atoms with Gasteiger partial charge in [0.1, 0.15) is 11.6 Å². The number of nitrogens with zero attached hydrogens (tertiary/aromatic N) is 4. The van der Waals surface area contributed by atoms with Crippen molar-refractivity contribution in [2.24, 2.45) is 0 Å². The Labute approximate surface area is 148 Å². The molecule has 1 aliphatic rings. The van der Waals surface area contributed by atoms with Gasteiger partial charge < -0.3 is 15.5 Å². The normalized spacial score (nSPS) is 16.5. The molecule has 3 rings (SSSR count). The summed E-state index contributed by atoms with van der Waals surface area (Å²) in [5.74, 6) is 1.62. The standard InChI is InChI=1S/C18H26N6O/c1-14-20-17-16(9-6-11-24(17)22-14)21-18(25)19-10-12-23(2)13-15-7-4-3-5-8-15/h3-5,7-8,16H,6,9-13H2,1-2H3,(H2,19,21,25)/t16-/m0/s1. The van der Waals surface area contributed by atoms with E-state index in [9.17, 15) is 4.79 Å². The number of rotatable bonds is 6. The summed E-state index contributed by atoms with van der Waals surface area (Å²) in [5.41, 5.74) is 1.27. The van der Waals surface area contributed by atoms with E-state index in [1.807, 2.05) is 29.8 Å². The lowest BCUT2D eigenvalue weighted by Gasteiger charge is -2.23. The predicted molar refractivity (Wildman–Crippen MR) is 96.0 cm³/mol. The summed E-state index contributed by atoms with van der Waals surface area (Å²) in [6.45, 7) is 5.02. The molecule has 1 aromatic carbocycles. The molecule has 7 heteroatoms. The molecule has 2 heterocycles. The number of hydrogen-bond donors (Lipinski definition) is 2. The van der Waals surface area contributed by atoms with E-state index >= 15 is 0 Å². The van der Waals surface area contributed by atoms with Gasteiger partial charge in [0.2, 0.25) is 0 Å². The molecule has 25 heavy (non-hydrogen) atoms. The van der Waals surface area contributed by atoms with Crippen molar-refractivity contribution in [3.05, 3.63) is 47.5 Å². The number of nitrogens with one attached hydrogen (secondary N) is 2. The van der Waals surface area contributed by atoms with Gasteiger partial charge in [0.15, 0.2) is 0 Å². The van der Waals surface area contributed by atoms with Crippen molar-refractivity contribution in [2.75, 3.05) is 20.1 Å². The molecule has 0 aliphatic carbocycles. The first-order valence-electron chi connectivity index (χ1n) is 8.80. The van der Waals surface area contributed by atoms with E-state index in [-0.39, 0.29) is 12.1 Å². The second-order valence-electron chi connectivity index (χ2n) is 6.56. The maximum Gasteiger partial charge on any atom is 0.315 e. The summed E-state index contributed by atoms with van der Waals surface area (Å²) in [6, 6.07) is 10.1. The van der Waals surface area contributed by atoms with Crippen LogP contribution in [0.5, 0.6) is 0 Å². The molecule has 0 radical (unpaired) electrons. The molecule has 0 unspecified atom stereocenters. The summed E-state index contributed by atoms with van der Waals surface area (Å²) in [5, 5.41) is 10.3. The fourth-order valence-corrected chi connectivity index (χ4v) is 3.15. The van der Waals surface area contributed by atoms with Crippen molar-refractivity contribution in [3.63, 3.8) is 0 Å². The van der Waals surface area contributed by atoms with E-state index < -0.39 is 0 Å². The summed E-state index contributed by atoms with van der Waals surface area (Å²) in [7, 11) is 2.05. The van der Waals surface area contributed by atoms with Gasteiger partial charge in [-0.15, -0.1) is 0 Å². The summed E-state index contributed by atoms with van der Waals surface area (Å²) in [4.78, 5) is 18.8. The minimum atomic E-state index is -0.146. The van der Waals surface area contributed by atoms with Gasteiger partial charge in [0.05, 0.1) is 6.04 Å². The number of carbonyl (C=O) groups is 1. The number of hydrogen-bond acceptors (Lipinski definition) is 4. The fourth-order valence-electron chi connectivity index (χ4n) is 3.15. The Kier molecular flexibility index (Phi) is 5.65. The quantitative estimate of drug-likeness (QED) is 0.840. The van der Waals surface area contributed by atoms with E-state index in [4.69, 9.17) is 0 Å². The third-order valence-electron chi connectivity index (χ3n) is 4.36. The zero-order valence-electron chi connectivity index (χ0n) is 14.9. The average Bonchev–Trinajstić information content (AvgIpc) is 2.97. The molecule has 2 aromatic rings. The van der Waals surface area contributed by atoms with Crippen LogP contribution in [0, 0.1) is 6.92 Å². The first kappa shape index (κ1) is 17.4. The van der Waals surface area contributed by atoms with Crippen molar-refractivity contribution in [1.82, 2.24) is 30.3 Å². The molecule has 0 saturated carbocycles. The lowest BCUT2D eigenvalue weighted by atomic mass is 10.1. The molecular formula is C18H26N6O. The second kappa shape index (κ2) is 8.11. The molecule has 0 fully saturated rings. The molecule has 2 amide bonds. The highest BCUT2D eigenvalue weighted by molar-refractivity contribution is 5.74. The van der Waals surface area contributed by atoms with Gasteiger partial charge in [-0.05, 0) is 32.4 Å². The molecular weight excluding hydrogens is 316 g/mol. The Morgan fingerprint density at radius 2 is 2.16 bits per heavy atom. The third kappa shape index (κ3) is 4.79. The zero-order chi connectivity index (χ0) is 17.6. The van der Waals surface area contributed by atoms with Crippen LogP contribution in [0.2, 0.25) is 0 Å². The lowest BCUT2D eigenvalue weighted by Crippen LogP contribution is -2.42. The average molecular weight is 342 g/mol. The van der Waals surface area contributed by atoms with Gasteiger partial charge in [-0.3, -0.25) is 0 Å². The van der Waals surface area contributed by atoms with Gasteiger partial charge >= 0.3 is 6.03 Å². The highest BCUT2D eigenvalue weighted by Gasteiger charge is 2.24. The van der Waals surface area contributed by atoms with Crippen LogP contribution >= 0.6 is 0 Å². The Morgan fingerprint density at radius 1 is 1.36 bits per heavy atom. The largest absolute Gasteiger partial charge is 0.337 e. The van der Waals surface area contributed by atoms with Gasteiger partial charge in [0, 0.05) is 26.2 Å². The molecule has 1 atom stereocenters. The molecule has 1 aliphatic heterocycles. The smallest absolute Gasteiger partial charge is 0.315 e. The lowest BCUT2D eigenvalue weighted by molar-refractivity contribution is 0.230. The van der Waals surface area contributed by atoms with E-state index in [0.717, 1.165) is 44.1 Å². The van der Waals surface area contributed by atoms with Gasteiger partial charge in [-0.1, -0.05) is 30.3 Å². The summed E-state index contributed by atoms with van der Waals surface area (Å²) >= 11 is 0. The Hall–Kier alpha value is -2.41. The van der Waals surface area contributed by atoms with Crippen molar-refractivity contribution >= 4 is 6.03 Å². The second-order valence-corrected chi connectivity index (χ2v) is 6.56. The SMILES string of the molecule is Cc1nc2n(n1)CCC[C@@H]2NC(=O)NCCN(C)Cc1ccccc1. The molecule has 1 aromatic heterocycles. The Morgan fingerprint density at radius 3 is 2.96 bits per heavy atom. The fraction of sp³-hybridized carbons (Fsp3) is 0.500. The zero-order valence-corrected chi connectivity index (χ0v) is 14.9. The monoisotopic (exact) mass is 342 g/mol. The van der Waals surface area contributed by atoms with Crippen molar-refractivity contribution < 1.29 is 4.79 Å². The van der Waals surface area contributed by atoms with Crippen LogP contribution in [0.25, 0.3) is 0 Å². The Balaban J connectivity index is 1.41. The maximum absolute atomic E-state index is 12.2. The summed E-state index contributed by atoms with van der Waals surface area (Å²) in [6.07, 6.45) is 1.90. The predicted octanol–water partition coefficient (Wildman–Crippen LogP) is 1.85. The number of aryl methyl sites for hydroxylation is 2. The van der Waals surface area contributed by atoms with Crippen LogP contribution in [0.1, 0.15) is 36.1 Å². The highest BCUT2D eigenvalue weighted by atomic mass is 16.2. The van der Waals surface area contributed by atoms with Crippen molar-refractivity contribution in [2.45, 2.75) is 38.9 Å². The van der Waals surface area contributed by atoms with Crippen LogP contribution in [0.15, 0.2) is 30.3 Å². The van der Waals surface area contributed by atoms with Gasteiger partial charge in [-0.2, -0.15) is 5.10 Å². The molecule has 0 spiro atoms. The number of benzene rings is 1. The van der Waals surface area contributed by atoms with Crippen LogP contribution < -0.4 is 10.6 Å². The van der Waals surface area contributed by atoms with E-state index in [2.05, 4.69) is 44.8 Å². The van der Waals surface area contributed by atoms with E-state index in [1.165, 1.54) is 5.56 Å². The number of fused-ring (bicyclic) bond motifs is 1. The number of urea groups is 1. The number of amides is 2. The minimum absolute atomic E-state index is 0.0583. The number of likely N-dealkylation sites (N-methyl/N-ethyl adjacent to an activating group) is 1. The number of carbonyl (C=O) groups excluding carboxylic acids is 1. The molecule has 0 bridgehead atoms. The third-order valence-corrected chi connectivity index (χ3v) is 4.36. The maximum atomic E-state index is 12.2. The molecule has 2 N–H and O–H groups in total. The van der Waals surface area contributed by atoms with E-state index in [0.29, 0.717) is 6.54 Å². The molecule has 0 saturated heterocycles. The van der Waals surface area contributed by atoms with Crippen LogP contribution in [-0.4, -0.2) is 45.8 Å². The van der Waals surface area contributed by atoms with E-state index in [1.54, 1.807) is 0 Å². The molecule has 7 nitrogen and oxygen atoms in total. The van der Waals surface area contributed by atoms with Gasteiger partial charge in [0.25, 0.3) is 0 Å². The van der Waals surface area contributed by atoms with Crippen LogP contribution in [0.3, 0.4) is 0 Å². The molecule has 134 valence electrons. The summed E-state index contributed by atoms with van der Waals surface area (Å²) < 4.78 is 1.90. The Bertz CT molecular complexity index is 699. The number of aromatic nitrogens is 3. The van der Waals surface area contributed by atoms with Crippen molar-refractivity contribution in [1.29, 1.82) is 0 Å².